The maximum Gasteiger partial charge on any atom is 0.242 e. The van der Waals surface area contributed by atoms with Gasteiger partial charge in [0, 0.05) is 19.8 Å². The van der Waals surface area contributed by atoms with Gasteiger partial charge in [0.1, 0.15) is 0 Å². The Morgan fingerprint density at radius 3 is 2.44 bits per heavy atom. The molecule has 1 aromatic carbocycles. The molecule has 0 saturated heterocycles. The fraction of sp³-hybridized carbons (Fsp3) is 0.455. The molecule has 5 heteroatoms. The minimum Gasteiger partial charge on any atom is -0.399 e. The lowest BCUT2D eigenvalue weighted by molar-refractivity contribution is 0.519. The van der Waals surface area contributed by atoms with E-state index in [-0.39, 0.29) is 0 Å². The number of anilines is 1. The smallest absolute Gasteiger partial charge is 0.242 e. The van der Waals surface area contributed by atoms with Gasteiger partial charge in [-0.15, -0.1) is 0 Å². The summed E-state index contributed by atoms with van der Waals surface area (Å²) in [4.78, 5) is 0.319. The normalized spacial score (nSPS) is 12.0. The van der Waals surface area contributed by atoms with Crippen molar-refractivity contribution < 1.29 is 8.42 Å². The first-order chi connectivity index (χ1) is 7.39. The second kappa shape index (κ2) is 4.84. The molecule has 0 atom stereocenters. The van der Waals surface area contributed by atoms with E-state index < -0.39 is 10.0 Å². The average Bonchev–Trinajstić information content (AvgIpc) is 2.20. The quantitative estimate of drug-likeness (QED) is 0.813. The first-order valence-electron chi connectivity index (χ1n) is 5.20. The minimum atomic E-state index is -3.40. The average molecular weight is 242 g/mol. The van der Waals surface area contributed by atoms with Gasteiger partial charge < -0.3 is 5.73 Å². The lowest BCUT2D eigenvalue weighted by atomic mass is 10.1. The summed E-state index contributed by atoms with van der Waals surface area (Å²) < 4.78 is 25.3. The number of hydrogen-bond acceptors (Lipinski definition) is 3. The van der Waals surface area contributed by atoms with Crippen molar-refractivity contribution in [3.63, 3.8) is 0 Å². The molecule has 0 heterocycles. The monoisotopic (exact) mass is 242 g/mol. The molecule has 0 aliphatic rings. The Bertz CT molecular complexity index is 467. The fourth-order valence-electron chi connectivity index (χ4n) is 1.48. The third kappa shape index (κ3) is 2.54. The second-order valence-electron chi connectivity index (χ2n) is 3.90. The van der Waals surface area contributed by atoms with Crippen molar-refractivity contribution in [2.75, 3.05) is 19.8 Å². The number of nitrogens with zero attached hydrogens (tertiary/aromatic N) is 1. The number of nitrogens with two attached hydrogens (primary N) is 1. The topological polar surface area (TPSA) is 63.4 Å². The standard InChI is InChI=1S/C11H18N2O2S/c1-4-5-9-6-7-10(12)8-11(9)16(14,15)13(2)3/h6-8H,4-5,12H2,1-3H3. The Kier molecular flexibility index (Phi) is 3.93. The highest BCUT2D eigenvalue weighted by Gasteiger charge is 2.20. The largest absolute Gasteiger partial charge is 0.399 e. The third-order valence-electron chi connectivity index (χ3n) is 2.37. The highest BCUT2D eigenvalue weighted by molar-refractivity contribution is 7.89. The number of nitrogen functional groups attached to an aromatic ring is 1. The summed E-state index contributed by atoms with van der Waals surface area (Å²) in [6, 6.07) is 5.05. The first kappa shape index (κ1) is 13.0. The van der Waals surface area contributed by atoms with Crippen LogP contribution in [0.1, 0.15) is 18.9 Å². The molecule has 0 aliphatic heterocycles. The number of aryl methyl sites for hydroxylation is 1. The van der Waals surface area contributed by atoms with Crippen LogP contribution in [0, 0.1) is 0 Å². The van der Waals surface area contributed by atoms with Crippen molar-refractivity contribution in [1.82, 2.24) is 4.31 Å². The van der Waals surface area contributed by atoms with Gasteiger partial charge in [-0.3, -0.25) is 0 Å². The van der Waals surface area contributed by atoms with E-state index in [1.165, 1.54) is 24.5 Å². The van der Waals surface area contributed by atoms with Crippen LogP contribution < -0.4 is 5.73 Å². The van der Waals surface area contributed by atoms with E-state index in [2.05, 4.69) is 0 Å². The molecule has 0 amide bonds. The van der Waals surface area contributed by atoms with E-state index >= 15 is 0 Å². The molecule has 0 spiro atoms. The Morgan fingerprint density at radius 1 is 1.31 bits per heavy atom. The Labute approximate surface area is 97.1 Å². The second-order valence-corrected chi connectivity index (χ2v) is 6.02. The number of rotatable bonds is 4. The van der Waals surface area contributed by atoms with Gasteiger partial charge in [0.25, 0.3) is 0 Å². The van der Waals surface area contributed by atoms with Crippen LogP contribution in [0.4, 0.5) is 5.69 Å². The predicted octanol–water partition coefficient (Wildman–Crippen LogP) is 1.47. The summed E-state index contributed by atoms with van der Waals surface area (Å²) in [5, 5.41) is 0. The SMILES string of the molecule is CCCc1ccc(N)cc1S(=O)(=O)N(C)C. The van der Waals surface area contributed by atoms with Gasteiger partial charge in [-0.25, -0.2) is 12.7 Å². The molecular weight excluding hydrogens is 224 g/mol. The number of hydrogen-bond donors (Lipinski definition) is 1. The van der Waals surface area contributed by atoms with E-state index in [4.69, 9.17) is 5.73 Å². The van der Waals surface area contributed by atoms with Gasteiger partial charge >= 0.3 is 0 Å². The van der Waals surface area contributed by atoms with Gasteiger partial charge in [0.15, 0.2) is 0 Å². The summed E-state index contributed by atoms with van der Waals surface area (Å²) in [5.41, 5.74) is 6.93. The van der Waals surface area contributed by atoms with Gasteiger partial charge in [-0.05, 0) is 24.1 Å². The van der Waals surface area contributed by atoms with Crippen LogP contribution in [0.15, 0.2) is 23.1 Å². The summed E-state index contributed by atoms with van der Waals surface area (Å²) in [6.45, 7) is 2.02. The molecule has 0 aromatic heterocycles. The predicted molar refractivity (Wildman–Crippen MR) is 65.7 cm³/mol. The molecule has 1 rings (SSSR count). The Morgan fingerprint density at radius 2 is 1.94 bits per heavy atom. The summed E-state index contributed by atoms with van der Waals surface area (Å²) in [6.07, 6.45) is 1.64. The molecule has 0 unspecified atom stereocenters. The van der Waals surface area contributed by atoms with E-state index in [9.17, 15) is 8.42 Å². The lowest BCUT2D eigenvalue weighted by Crippen LogP contribution is -2.23. The van der Waals surface area contributed by atoms with Gasteiger partial charge in [0.05, 0.1) is 4.90 Å². The molecule has 1 aromatic rings. The highest BCUT2D eigenvalue weighted by Crippen LogP contribution is 2.22. The highest BCUT2D eigenvalue weighted by atomic mass is 32.2. The molecule has 0 radical (unpaired) electrons. The zero-order chi connectivity index (χ0) is 12.3. The van der Waals surface area contributed by atoms with Crippen molar-refractivity contribution in [1.29, 1.82) is 0 Å². The first-order valence-corrected chi connectivity index (χ1v) is 6.64. The molecule has 0 fully saturated rings. The summed E-state index contributed by atoms with van der Waals surface area (Å²) in [5.74, 6) is 0. The van der Waals surface area contributed by atoms with Crippen LogP contribution in [-0.2, 0) is 16.4 Å². The van der Waals surface area contributed by atoms with Crippen molar-refractivity contribution >= 4 is 15.7 Å². The van der Waals surface area contributed by atoms with Crippen LogP contribution in [-0.4, -0.2) is 26.8 Å². The van der Waals surface area contributed by atoms with Crippen LogP contribution in [0.3, 0.4) is 0 Å². The maximum absolute atomic E-state index is 12.1. The molecule has 0 saturated carbocycles. The van der Waals surface area contributed by atoms with Crippen molar-refractivity contribution in [3.05, 3.63) is 23.8 Å². The maximum atomic E-state index is 12.1. The number of benzene rings is 1. The zero-order valence-electron chi connectivity index (χ0n) is 9.90. The van der Waals surface area contributed by atoms with Gasteiger partial charge in [-0.2, -0.15) is 0 Å². The van der Waals surface area contributed by atoms with E-state index in [0.29, 0.717) is 10.6 Å². The molecular formula is C11H18N2O2S. The molecule has 2 N–H and O–H groups in total. The molecule has 16 heavy (non-hydrogen) atoms. The Balaban J connectivity index is 3.36. The molecule has 4 nitrogen and oxygen atoms in total. The van der Waals surface area contributed by atoms with E-state index in [0.717, 1.165) is 18.4 Å². The van der Waals surface area contributed by atoms with Crippen molar-refractivity contribution in [3.8, 4) is 0 Å². The van der Waals surface area contributed by atoms with Crippen LogP contribution in [0.5, 0.6) is 0 Å². The third-order valence-corrected chi connectivity index (χ3v) is 4.27. The van der Waals surface area contributed by atoms with Crippen molar-refractivity contribution in [2.24, 2.45) is 0 Å². The minimum absolute atomic E-state index is 0.319. The molecule has 0 bridgehead atoms. The number of sulfonamides is 1. The molecule has 0 aliphatic carbocycles. The van der Waals surface area contributed by atoms with E-state index in [1.807, 2.05) is 6.92 Å². The lowest BCUT2D eigenvalue weighted by Gasteiger charge is -2.15. The Hall–Kier alpha value is -1.07. The summed E-state index contributed by atoms with van der Waals surface area (Å²) >= 11 is 0. The van der Waals surface area contributed by atoms with Crippen LogP contribution >= 0.6 is 0 Å². The van der Waals surface area contributed by atoms with Crippen LogP contribution in [0.2, 0.25) is 0 Å². The van der Waals surface area contributed by atoms with Crippen LogP contribution in [0.25, 0.3) is 0 Å². The van der Waals surface area contributed by atoms with Gasteiger partial charge in [-0.1, -0.05) is 19.4 Å². The summed E-state index contributed by atoms with van der Waals surface area (Å²) in [7, 11) is -0.355. The van der Waals surface area contributed by atoms with Crippen molar-refractivity contribution in [2.45, 2.75) is 24.7 Å². The fourth-order valence-corrected chi connectivity index (χ4v) is 2.66. The zero-order valence-corrected chi connectivity index (χ0v) is 10.7. The van der Waals surface area contributed by atoms with E-state index in [1.54, 1.807) is 12.1 Å². The molecule has 90 valence electrons. The van der Waals surface area contributed by atoms with Gasteiger partial charge in [0.2, 0.25) is 10.0 Å².